The Hall–Kier alpha value is -3.26. The molecular weight excluding hydrogens is 294 g/mol. The van der Waals surface area contributed by atoms with Gasteiger partial charge >= 0.3 is 5.63 Å². The van der Waals surface area contributed by atoms with E-state index in [4.69, 9.17) is 4.42 Å². The highest BCUT2D eigenvalue weighted by atomic mass is 16.4. The second kappa shape index (κ2) is 5.85. The maximum atomic E-state index is 12.1. The van der Waals surface area contributed by atoms with Crippen LogP contribution in [-0.2, 0) is 4.79 Å². The summed E-state index contributed by atoms with van der Waals surface area (Å²) >= 11 is 0. The molecule has 0 aliphatic heterocycles. The minimum atomic E-state index is -0.483. The molecule has 0 fully saturated rings. The Bertz CT molecular complexity index is 1040. The second-order valence-electron chi connectivity index (χ2n) is 5.04. The van der Waals surface area contributed by atoms with Crippen molar-refractivity contribution >= 4 is 27.6 Å². The molecule has 0 spiro atoms. The van der Waals surface area contributed by atoms with E-state index in [1.165, 1.54) is 13.0 Å². The highest BCUT2D eigenvalue weighted by Crippen LogP contribution is 2.26. The minimum Gasteiger partial charge on any atom is -0.508 e. The van der Waals surface area contributed by atoms with E-state index in [2.05, 4.69) is 17.2 Å². The first kappa shape index (κ1) is 14.7. The summed E-state index contributed by atoms with van der Waals surface area (Å²) in [5, 5.41) is 14.0. The van der Waals surface area contributed by atoms with Crippen molar-refractivity contribution in [3.63, 3.8) is 0 Å². The molecule has 0 aliphatic carbocycles. The monoisotopic (exact) mass is 307 g/mol. The molecule has 0 unspecified atom stereocenters. The van der Waals surface area contributed by atoms with E-state index in [0.717, 1.165) is 10.8 Å². The molecule has 2 aromatic carbocycles. The molecule has 1 amide bonds. The number of benzene rings is 2. The van der Waals surface area contributed by atoms with Gasteiger partial charge in [0.15, 0.2) is 0 Å². The number of amides is 1. The van der Waals surface area contributed by atoms with Crippen LogP contribution in [0, 0.1) is 11.8 Å². The molecule has 0 radical (unpaired) electrons. The van der Waals surface area contributed by atoms with Crippen molar-refractivity contribution in [3.8, 4) is 17.6 Å². The number of phenolic OH excluding ortho intramolecular Hbond substituents is 1. The van der Waals surface area contributed by atoms with E-state index >= 15 is 0 Å². The number of hydrogen-bond donors (Lipinski definition) is 2. The lowest BCUT2D eigenvalue weighted by Crippen LogP contribution is -2.19. The van der Waals surface area contributed by atoms with Gasteiger partial charge in [-0.15, -0.1) is 0 Å². The number of aromatic hydroxyl groups is 1. The Kier molecular flexibility index (Phi) is 3.73. The highest BCUT2D eigenvalue weighted by Gasteiger charge is 2.08. The van der Waals surface area contributed by atoms with Gasteiger partial charge in [0.25, 0.3) is 0 Å². The molecule has 5 heteroatoms. The summed E-state index contributed by atoms with van der Waals surface area (Å²) in [6.45, 7) is 1.67. The molecule has 114 valence electrons. The van der Waals surface area contributed by atoms with Crippen molar-refractivity contribution in [1.82, 2.24) is 5.32 Å². The van der Waals surface area contributed by atoms with Crippen LogP contribution in [0.25, 0.3) is 21.7 Å². The predicted octanol–water partition coefficient (Wildman–Crippen LogP) is 2.14. The van der Waals surface area contributed by atoms with E-state index in [1.54, 1.807) is 30.3 Å². The predicted molar refractivity (Wildman–Crippen MR) is 87.2 cm³/mol. The Labute approximate surface area is 131 Å². The van der Waals surface area contributed by atoms with Gasteiger partial charge in [0, 0.05) is 29.3 Å². The third-order valence-corrected chi connectivity index (χ3v) is 3.36. The largest absolute Gasteiger partial charge is 0.508 e. The molecule has 0 saturated carbocycles. The first-order valence-corrected chi connectivity index (χ1v) is 6.97. The smallest absolute Gasteiger partial charge is 0.344 e. The van der Waals surface area contributed by atoms with Crippen LogP contribution in [0.15, 0.2) is 45.6 Å². The van der Waals surface area contributed by atoms with Gasteiger partial charge in [0.2, 0.25) is 5.91 Å². The van der Waals surface area contributed by atoms with Crippen LogP contribution in [0.4, 0.5) is 0 Å². The van der Waals surface area contributed by atoms with Gasteiger partial charge in [-0.25, -0.2) is 4.79 Å². The molecule has 3 aromatic rings. The van der Waals surface area contributed by atoms with E-state index in [9.17, 15) is 14.7 Å². The number of carbonyl (C=O) groups is 1. The van der Waals surface area contributed by atoms with Crippen molar-refractivity contribution in [3.05, 3.63) is 52.4 Å². The molecule has 0 saturated heterocycles. The van der Waals surface area contributed by atoms with E-state index < -0.39 is 5.63 Å². The molecule has 3 rings (SSSR count). The Morgan fingerprint density at radius 2 is 1.96 bits per heavy atom. The number of fused-ring (bicyclic) bond motifs is 3. The van der Waals surface area contributed by atoms with Crippen LogP contribution in [0.1, 0.15) is 12.5 Å². The molecular formula is C18H13NO4. The summed E-state index contributed by atoms with van der Waals surface area (Å²) in [5.74, 6) is 5.60. The zero-order chi connectivity index (χ0) is 16.4. The van der Waals surface area contributed by atoms with E-state index in [-0.39, 0.29) is 18.2 Å². The normalized spacial score (nSPS) is 10.3. The molecule has 0 bridgehead atoms. The van der Waals surface area contributed by atoms with Crippen LogP contribution < -0.4 is 10.9 Å². The molecule has 0 aliphatic rings. The van der Waals surface area contributed by atoms with Gasteiger partial charge in [-0.2, -0.15) is 0 Å². The Morgan fingerprint density at radius 3 is 2.74 bits per heavy atom. The lowest BCUT2D eigenvalue weighted by atomic mass is 10.0. The zero-order valence-electron chi connectivity index (χ0n) is 12.3. The minimum absolute atomic E-state index is 0.0421. The molecule has 0 atom stereocenters. The first-order chi connectivity index (χ1) is 11.0. The fraction of sp³-hybridized carbons (Fsp3) is 0.111. The summed E-state index contributed by atoms with van der Waals surface area (Å²) < 4.78 is 5.25. The van der Waals surface area contributed by atoms with Crippen molar-refractivity contribution in [2.45, 2.75) is 6.92 Å². The summed E-state index contributed by atoms with van der Waals surface area (Å²) in [5.41, 5.74) is 0.517. The fourth-order valence-corrected chi connectivity index (χ4v) is 2.31. The topological polar surface area (TPSA) is 79.5 Å². The van der Waals surface area contributed by atoms with Gasteiger partial charge in [0.1, 0.15) is 11.3 Å². The molecule has 23 heavy (non-hydrogen) atoms. The number of hydrogen-bond acceptors (Lipinski definition) is 4. The van der Waals surface area contributed by atoms with Crippen molar-refractivity contribution in [2.75, 3.05) is 6.54 Å². The summed E-state index contributed by atoms with van der Waals surface area (Å²) in [4.78, 5) is 22.9. The molecule has 5 nitrogen and oxygen atoms in total. The Morgan fingerprint density at radius 1 is 1.17 bits per heavy atom. The second-order valence-corrected chi connectivity index (χ2v) is 5.04. The average Bonchev–Trinajstić information content (AvgIpc) is 2.51. The zero-order valence-corrected chi connectivity index (χ0v) is 12.3. The van der Waals surface area contributed by atoms with Gasteiger partial charge in [-0.1, -0.05) is 17.9 Å². The third-order valence-electron chi connectivity index (χ3n) is 3.36. The quantitative estimate of drug-likeness (QED) is 0.410. The maximum Gasteiger partial charge on any atom is 0.344 e. The number of nitrogens with one attached hydrogen (secondary N) is 1. The van der Waals surface area contributed by atoms with Gasteiger partial charge in [0.05, 0.1) is 11.9 Å². The molecule has 2 N–H and O–H groups in total. The van der Waals surface area contributed by atoms with Crippen molar-refractivity contribution in [1.29, 1.82) is 0 Å². The summed E-state index contributed by atoms with van der Waals surface area (Å²) in [6.07, 6.45) is 0. The lowest BCUT2D eigenvalue weighted by molar-refractivity contribution is -0.118. The van der Waals surface area contributed by atoms with E-state index in [1.807, 2.05) is 0 Å². The third kappa shape index (κ3) is 3.01. The van der Waals surface area contributed by atoms with Crippen LogP contribution in [-0.4, -0.2) is 17.6 Å². The fourth-order valence-electron chi connectivity index (χ4n) is 2.31. The van der Waals surface area contributed by atoms with Crippen LogP contribution in [0.2, 0.25) is 0 Å². The summed E-state index contributed by atoms with van der Waals surface area (Å²) in [6, 6.07) is 9.93. The van der Waals surface area contributed by atoms with Crippen molar-refractivity contribution < 1.29 is 14.3 Å². The van der Waals surface area contributed by atoms with E-state index in [0.29, 0.717) is 16.5 Å². The SMILES string of the molecule is CC(=O)NCC#Cc1ccc2c(c1)c(=O)oc1cc(O)ccc12. The Balaban J connectivity index is 2.08. The van der Waals surface area contributed by atoms with Gasteiger partial charge in [-0.3, -0.25) is 4.79 Å². The summed E-state index contributed by atoms with van der Waals surface area (Å²) in [7, 11) is 0. The first-order valence-electron chi connectivity index (χ1n) is 6.97. The number of carbonyl (C=O) groups excluding carboxylic acids is 1. The standard InChI is InChI=1S/C18H13NO4/c1-11(20)19-8-2-3-12-4-6-14-15-7-5-13(21)10-17(15)23-18(22)16(14)9-12/h4-7,9-10,21H,8H2,1H3,(H,19,20). The van der Waals surface area contributed by atoms with Gasteiger partial charge in [-0.05, 0) is 24.3 Å². The van der Waals surface area contributed by atoms with Crippen LogP contribution >= 0.6 is 0 Å². The van der Waals surface area contributed by atoms with Crippen LogP contribution in [0.5, 0.6) is 5.75 Å². The average molecular weight is 307 g/mol. The van der Waals surface area contributed by atoms with Crippen molar-refractivity contribution in [2.24, 2.45) is 0 Å². The molecule has 1 heterocycles. The highest BCUT2D eigenvalue weighted by molar-refractivity contribution is 6.04. The number of rotatable bonds is 1. The molecule has 1 aromatic heterocycles. The van der Waals surface area contributed by atoms with Gasteiger partial charge < -0.3 is 14.8 Å². The lowest BCUT2D eigenvalue weighted by Gasteiger charge is -2.03. The number of phenols is 1. The maximum absolute atomic E-state index is 12.1. The van der Waals surface area contributed by atoms with Crippen LogP contribution in [0.3, 0.4) is 0 Å².